The summed E-state index contributed by atoms with van der Waals surface area (Å²) >= 11 is 2.99. The molecule has 0 spiro atoms. The van der Waals surface area contributed by atoms with E-state index in [1.807, 2.05) is 0 Å². The minimum atomic E-state index is -4.49. The second-order valence-corrected chi connectivity index (χ2v) is 4.95. The first-order valence-corrected chi connectivity index (χ1v) is 6.38. The predicted molar refractivity (Wildman–Crippen MR) is 69.1 cm³/mol. The van der Waals surface area contributed by atoms with Gasteiger partial charge in [-0.3, -0.25) is 4.79 Å². The topological polar surface area (TPSA) is 49.3 Å². The number of carbonyl (C=O) groups is 1. The molecule has 0 saturated heterocycles. The van der Waals surface area contributed by atoms with E-state index in [0.29, 0.717) is 10.9 Å². The highest BCUT2D eigenvalue weighted by Crippen LogP contribution is 2.37. The van der Waals surface area contributed by atoms with Crippen molar-refractivity contribution < 1.29 is 23.1 Å². The molecule has 1 aromatic carbocycles. The molecule has 19 heavy (non-hydrogen) atoms. The van der Waals surface area contributed by atoms with Crippen LogP contribution in [0.1, 0.15) is 25.3 Å². The van der Waals surface area contributed by atoms with Gasteiger partial charge >= 0.3 is 12.1 Å². The Labute approximate surface area is 116 Å². The summed E-state index contributed by atoms with van der Waals surface area (Å²) in [6.45, 7) is 1.72. The van der Waals surface area contributed by atoms with Gasteiger partial charge < -0.3 is 10.4 Å². The number of aliphatic carboxylic acids is 1. The van der Waals surface area contributed by atoms with Crippen LogP contribution in [0.5, 0.6) is 0 Å². The Hall–Kier alpha value is -1.24. The highest BCUT2D eigenvalue weighted by Gasteiger charge is 2.34. The van der Waals surface area contributed by atoms with Crippen molar-refractivity contribution in [1.29, 1.82) is 0 Å². The molecule has 0 aliphatic heterocycles. The average molecular weight is 340 g/mol. The number of anilines is 1. The first-order chi connectivity index (χ1) is 8.74. The molecule has 1 atom stereocenters. The minimum Gasteiger partial charge on any atom is -0.481 e. The zero-order chi connectivity index (χ0) is 14.6. The zero-order valence-electron chi connectivity index (χ0n) is 10.1. The van der Waals surface area contributed by atoms with Gasteiger partial charge in [0.2, 0.25) is 0 Å². The first-order valence-electron chi connectivity index (χ1n) is 5.59. The van der Waals surface area contributed by atoms with E-state index in [4.69, 9.17) is 5.11 Å². The fraction of sp³-hybridized carbons (Fsp3) is 0.417. The Morgan fingerprint density at radius 1 is 1.47 bits per heavy atom. The van der Waals surface area contributed by atoms with Crippen molar-refractivity contribution in [1.82, 2.24) is 0 Å². The highest BCUT2D eigenvalue weighted by molar-refractivity contribution is 9.10. The summed E-state index contributed by atoms with van der Waals surface area (Å²) < 4.78 is 38.9. The van der Waals surface area contributed by atoms with Crippen LogP contribution >= 0.6 is 15.9 Å². The van der Waals surface area contributed by atoms with Crippen molar-refractivity contribution in [2.45, 2.75) is 32.0 Å². The molecule has 0 amide bonds. The van der Waals surface area contributed by atoms with Crippen LogP contribution in [0.25, 0.3) is 0 Å². The molecule has 0 aliphatic rings. The molecule has 0 fully saturated rings. The van der Waals surface area contributed by atoms with Gasteiger partial charge in [0, 0.05) is 16.2 Å². The summed E-state index contributed by atoms with van der Waals surface area (Å²) in [7, 11) is 0. The number of hydrogen-bond acceptors (Lipinski definition) is 2. The van der Waals surface area contributed by atoms with Crippen LogP contribution < -0.4 is 5.32 Å². The van der Waals surface area contributed by atoms with Gasteiger partial charge in [0.25, 0.3) is 0 Å². The van der Waals surface area contributed by atoms with Crippen molar-refractivity contribution in [2.75, 3.05) is 5.32 Å². The van der Waals surface area contributed by atoms with E-state index < -0.39 is 23.8 Å². The van der Waals surface area contributed by atoms with Crippen LogP contribution in [0.4, 0.5) is 18.9 Å². The molecule has 0 aromatic heterocycles. The van der Waals surface area contributed by atoms with Gasteiger partial charge in [-0.1, -0.05) is 22.9 Å². The zero-order valence-corrected chi connectivity index (χ0v) is 11.7. The lowest BCUT2D eigenvalue weighted by molar-refractivity contribution is -0.137. The second-order valence-electron chi connectivity index (χ2n) is 4.04. The van der Waals surface area contributed by atoms with Gasteiger partial charge in [-0.15, -0.1) is 0 Å². The third-order valence-corrected chi connectivity index (χ3v) is 3.05. The molecule has 1 rings (SSSR count). The monoisotopic (exact) mass is 339 g/mol. The van der Waals surface area contributed by atoms with E-state index in [1.165, 1.54) is 12.1 Å². The average Bonchev–Trinajstić information content (AvgIpc) is 2.28. The molecular formula is C12H13BrF3NO2. The molecule has 1 unspecified atom stereocenters. The normalized spacial score (nSPS) is 13.1. The number of carboxylic acid groups (broad SMARTS) is 1. The second kappa shape index (κ2) is 6.27. The summed E-state index contributed by atoms with van der Waals surface area (Å²) in [6, 6.07) is 3.19. The van der Waals surface area contributed by atoms with Gasteiger partial charge in [0.15, 0.2) is 0 Å². The number of carboxylic acids is 1. The fourth-order valence-electron chi connectivity index (χ4n) is 1.60. The Balaban J connectivity index is 3.03. The molecular weight excluding hydrogens is 327 g/mol. The van der Waals surface area contributed by atoms with Gasteiger partial charge in [0.05, 0.1) is 12.0 Å². The smallest absolute Gasteiger partial charge is 0.418 e. The number of benzene rings is 1. The van der Waals surface area contributed by atoms with Crippen LogP contribution in [0.15, 0.2) is 22.7 Å². The van der Waals surface area contributed by atoms with Crippen LogP contribution in [-0.2, 0) is 11.0 Å². The highest BCUT2D eigenvalue weighted by atomic mass is 79.9. The third-order valence-electron chi connectivity index (χ3n) is 2.56. The number of rotatable bonds is 5. The maximum Gasteiger partial charge on any atom is 0.418 e. The Morgan fingerprint density at radius 3 is 2.58 bits per heavy atom. The van der Waals surface area contributed by atoms with E-state index >= 15 is 0 Å². The number of nitrogens with one attached hydrogen (secondary N) is 1. The molecule has 7 heteroatoms. The molecule has 3 nitrogen and oxygen atoms in total. The maximum atomic E-state index is 12.9. The van der Waals surface area contributed by atoms with Gasteiger partial charge in [-0.2, -0.15) is 13.2 Å². The third kappa shape index (κ3) is 4.74. The van der Waals surface area contributed by atoms with E-state index in [9.17, 15) is 18.0 Å². The summed E-state index contributed by atoms with van der Waals surface area (Å²) in [5.74, 6) is -1.05. The van der Waals surface area contributed by atoms with E-state index in [-0.39, 0.29) is 12.1 Å². The molecule has 0 aliphatic carbocycles. The van der Waals surface area contributed by atoms with Crippen molar-refractivity contribution in [3.05, 3.63) is 28.2 Å². The molecule has 0 radical (unpaired) electrons. The molecule has 1 aromatic rings. The Morgan fingerprint density at radius 2 is 2.11 bits per heavy atom. The predicted octanol–water partition coefficient (Wildman–Crippen LogP) is 4.13. The van der Waals surface area contributed by atoms with Crippen LogP contribution in [0.2, 0.25) is 0 Å². The molecule has 0 bridgehead atoms. The minimum absolute atomic E-state index is 0.108. The molecule has 0 heterocycles. The summed E-state index contributed by atoms with van der Waals surface area (Å²) in [6.07, 6.45) is -4.31. The Bertz CT molecular complexity index is 463. The summed E-state index contributed by atoms with van der Waals surface area (Å²) in [5.41, 5.74) is -0.922. The summed E-state index contributed by atoms with van der Waals surface area (Å²) in [5, 5.41) is 11.3. The van der Waals surface area contributed by atoms with E-state index in [0.717, 1.165) is 6.07 Å². The van der Waals surface area contributed by atoms with Gasteiger partial charge in [-0.05, 0) is 24.6 Å². The molecule has 106 valence electrons. The maximum absolute atomic E-state index is 12.9. The van der Waals surface area contributed by atoms with Gasteiger partial charge in [-0.25, -0.2) is 0 Å². The molecule has 2 N–H and O–H groups in total. The van der Waals surface area contributed by atoms with Gasteiger partial charge in [0.1, 0.15) is 0 Å². The van der Waals surface area contributed by atoms with E-state index in [2.05, 4.69) is 21.2 Å². The standard InChI is InChI=1S/C12H13BrF3NO2/c1-2-8(6-11(18)19)17-10-4-3-7(13)5-9(10)12(14,15)16/h3-5,8,17H,2,6H2,1H3,(H,18,19). The largest absolute Gasteiger partial charge is 0.481 e. The van der Waals surface area contributed by atoms with Crippen LogP contribution in [0.3, 0.4) is 0 Å². The fourth-order valence-corrected chi connectivity index (χ4v) is 1.97. The Kier molecular flexibility index (Phi) is 5.22. The van der Waals surface area contributed by atoms with E-state index in [1.54, 1.807) is 6.92 Å². The van der Waals surface area contributed by atoms with Crippen LogP contribution in [-0.4, -0.2) is 17.1 Å². The van der Waals surface area contributed by atoms with Crippen molar-refractivity contribution >= 4 is 27.6 Å². The number of hydrogen-bond donors (Lipinski definition) is 2. The first kappa shape index (κ1) is 15.8. The number of alkyl halides is 3. The lowest BCUT2D eigenvalue weighted by atomic mass is 10.1. The lowest BCUT2D eigenvalue weighted by Gasteiger charge is -2.20. The molecule has 0 saturated carbocycles. The summed E-state index contributed by atoms with van der Waals surface area (Å²) in [4.78, 5) is 10.6. The van der Waals surface area contributed by atoms with Crippen molar-refractivity contribution in [2.24, 2.45) is 0 Å². The van der Waals surface area contributed by atoms with Crippen molar-refractivity contribution in [3.63, 3.8) is 0 Å². The van der Waals surface area contributed by atoms with Crippen molar-refractivity contribution in [3.8, 4) is 0 Å². The quantitative estimate of drug-likeness (QED) is 0.847. The SMILES string of the molecule is CCC(CC(=O)O)Nc1ccc(Br)cc1C(F)(F)F. The van der Waals surface area contributed by atoms with Crippen LogP contribution in [0, 0.1) is 0 Å². The number of halogens is 4. The lowest BCUT2D eigenvalue weighted by Crippen LogP contribution is -2.24.